The summed E-state index contributed by atoms with van der Waals surface area (Å²) in [6, 6.07) is 0. The molecule has 0 saturated heterocycles. The highest BCUT2D eigenvalue weighted by Crippen LogP contribution is 2.27. The van der Waals surface area contributed by atoms with E-state index < -0.39 is 0 Å². The first-order valence-corrected chi connectivity index (χ1v) is 5.51. The molecule has 1 rings (SSSR count). The van der Waals surface area contributed by atoms with Crippen molar-refractivity contribution in [2.45, 2.75) is 64.4 Å². The molecule has 0 aromatic rings. The van der Waals surface area contributed by atoms with E-state index in [2.05, 4.69) is 6.92 Å². The largest absolute Gasteiger partial charge is 0.393 e. The zero-order valence-electron chi connectivity index (χ0n) is 8.26. The number of aliphatic hydroxyl groups is 1. The highest BCUT2D eigenvalue weighted by atomic mass is 16.3. The quantitative estimate of drug-likeness (QED) is 0.687. The zero-order valence-corrected chi connectivity index (χ0v) is 8.26. The summed E-state index contributed by atoms with van der Waals surface area (Å²) in [5, 5.41) is 9.39. The van der Waals surface area contributed by atoms with Gasteiger partial charge in [0.1, 0.15) is 0 Å². The lowest BCUT2D eigenvalue weighted by atomic mass is 9.85. The molecule has 72 valence electrons. The van der Waals surface area contributed by atoms with Crippen LogP contribution in [0.1, 0.15) is 58.3 Å². The molecule has 1 heteroatoms. The Hall–Kier alpha value is -0.0400. The molecule has 0 heterocycles. The fourth-order valence-electron chi connectivity index (χ4n) is 2.11. The fourth-order valence-corrected chi connectivity index (χ4v) is 2.11. The first kappa shape index (κ1) is 10.0. The molecule has 0 amide bonds. The van der Waals surface area contributed by atoms with Gasteiger partial charge in [-0.3, -0.25) is 0 Å². The van der Waals surface area contributed by atoms with E-state index in [0.717, 1.165) is 18.8 Å². The van der Waals surface area contributed by atoms with Gasteiger partial charge in [-0.15, -0.1) is 0 Å². The van der Waals surface area contributed by atoms with Crippen LogP contribution in [-0.4, -0.2) is 11.2 Å². The molecule has 0 aliphatic heterocycles. The van der Waals surface area contributed by atoms with Crippen molar-refractivity contribution >= 4 is 0 Å². The molecular formula is C11H22O. The van der Waals surface area contributed by atoms with Crippen molar-refractivity contribution in [2.24, 2.45) is 5.92 Å². The van der Waals surface area contributed by atoms with Crippen molar-refractivity contribution < 1.29 is 5.11 Å². The van der Waals surface area contributed by atoms with Gasteiger partial charge < -0.3 is 5.11 Å². The maximum atomic E-state index is 9.39. The summed E-state index contributed by atoms with van der Waals surface area (Å²) < 4.78 is 0. The van der Waals surface area contributed by atoms with Gasteiger partial charge in [-0.25, -0.2) is 0 Å². The van der Waals surface area contributed by atoms with Gasteiger partial charge in [0.2, 0.25) is 0 Å². The van der Waals surface area contributed by atoms with Crippen LogP contribution in [0.3, 0.4) is 0 Å². The standard InChI is InChI=1S/C11H22O/c1-2-11(12)9-8-10-6-4-3-5-7-10/h10-12H,2-9H2,1H3. The summed E-state index contributed by atoms with van der Waals surface area (Å²) in [7, 11) is 0. The number of aliphatic hydroxyl groups excluding tert-OH is 1. The molecule has 0 aromatic heterocycles. The van der Waals surface area contributed by atoms with Gasteiger partial charge in [0, 0.05) is 0 Å². The minimum absolute atomic E-state index is 0.0353. The van der Waals surface area contributed by atoms with Gasteiger partial charge in [-0.2, -0.15) is 0 Å². The Morgan fingerprint density at radius 1 is 1.25 bits per heavy atom. The van der Waals surface area contributed by atoms with E-state index in [-0.39, 0.29) is 6.10 Å². The van der Waals surface area contributed by atoms with E-state index in [4.69, 9.17) is 0 Å². The van der Waals surface area contributed by atoms with E-state index in [1.807, 2.05) is 0 Å². The lowest BCUT2D eigenvalue weighted by Crippen LogP contribution is -2.11. The summed E-state index contributed by atoms with van der Waals surface area (Å²) in [6.45, 7) is 2.06. The lowest BCUT2D eigenvalue weighted by Gasteiger charge is -2.22. The molecule has 0 bridgehead atoms. The van der Waals surface area contributed by atoms with Crippen LogP contribution in [0.15, 0.2) is 0 Å². The second kappa shape index (κ2) is 5.58. The van der Waals surface area contributed by atoms with Gasteiger partial charge in [-0.1, -0.05) is 39.0 Å². The Balaban J connectivity index is 2.05. The van der Waals surface area contributed by atoms with Gasteiger partial charge in [0.25, 0.3) is 0 Å². The van der Waals surface area contributed by atoms with Gasteiger partial charge in [0.05, 0.1) is 6.10 Å². The summed E-state index contributed by atoms with van der Waals surface area (Å²) in [6.07, 6.45) is 10.3. The highest BCUT2D eigenvalue weighted by Gasteiger charge is 2.14. The first-order chi connectivity index (χ1) is 5.83. The lowest BCUT2D eigenvalue weighted by molar-refractivity contribution is 0.145. The van der Waals surface area contributed by atoms with Crippen molar-refractivity contribution in [2.75, 3.05) is 0 Å². The van der Waals surface area contributed by atoms with Crippen LogP contribution < -0.4 is 0 Å². The van der Waals surface area contributed by atoms with Gasteiger partial charge in [-0.05, 0) is 25.2 Å². The van der Waals surface area contributed by atoms with Crippen LogP contribution in [0, 0.1) is 5.92 Å². The molecule has 12 heavy (non-hydrogen) atoms. The summed E-state index contributed by atoms with van der Waals surface area (Å²) in [5.74, 6) is 0.931. The third-order valence-corrected chi connectivity index (χ3v) is 3.10. The topological polar surface area (TPSA) is 20.2 Å². The summed E-state index contributed by atoms with van der Waals surface area (Å²) >= 11 is 0. The summed E-state index contributed by atoms with van der Waals surface area (Å²) in [5.41, 5.74) is 0. The van der Waals surface area contributed by atoms with E-state index in [9.17, 15) is 5.11 Å². The van der Waals surface area contributed by atoms with Crippen LogP contribution in [0.4, 0.5) is 0 Å². The van der Waals surface area contributed by atoms with E-state index in [0.29, 0.717) is 0 Å². The maximum absolute atomic E-state index is 9.39. The predicted molar refractivity (Wildman–Crippen MR) is 52.1 cm³/mol. The summed E-state index contributed by atoms with van der Waals surface area (Å²) in [4.78, 5) is 0. The Morgan fingerprint density at radius 3 is 2.50 bits per heavy atom. The molecular weight excluding hydrogens is 148 g/mol. The third-order valence-electron chi connectivity index (χ3n) is 3.10. The van der Waals surface area contributed by atoms with Crippen molar-refractivity contribution in [3.8, 4) is 0 Å². The maximum Gasteiger partial charge on any atom is 0.0537 e. The average Bonchev–Trinajstić information content (AvgIpc) is 2.16. The SMILES string of the molecule is CCC(O)CCC1CCCCC1. The minimum atomic E-state index is -0.0353. The van der Waals surface area contributed by atoms with E-state index >= 15 is 0 Å². The Morgan fingerprint density at radius 2 is 1.92 bits per heavy atom. The molecule has 0 aromatic carbocycles. The van der Waals surface area contributed by atoms with Crippen molar-refractivity contribution in [1.29, 1.82) is 0 Å². The molecule has 1 fully saturated rings. The normalized spacial score (nSPS) is 22.5. The van der Waals surface area contributed by atoms with Crippen LogP contribution in [0.25, 0.3) is 0 Å². The number of hydrogen-bond donors (Lipinski definition) is 1. The van der Waals surface area contributed by atoms with Crippen molar-refractivity contribution in [1.82, 2.24) is 0 Å². The van der Waals surface area contributed by atoms with E-state index in [1.54, 1.807) is 0 Å². The monoisotopic (exact) mass is 170 g/mol. The molecule has 1 nitrogen and oxygen atoms in total. The molecule has 0 radical (unpaired) electrons. The van der Waals surface area contributed by atoms with Crippen LogP contribution in [0.5, 0.6) is 0 Å². The second-order valence-electron chi connectivity index (χ2n) is 4.14. The smallest absolute Gasteiger partial charge is 0.0537 e. The van der Waals surface area contributed by atoms with Crippen LogP contribution >= 0.6 is 0 Å². The molecule has 1 N–H and O–H groups in total. The van der Waals surface area contributed by atoms with Gasteiger partial charge >= 0.3 is 0 Å². The van der Waals surface area contributed by atoms with Gasteiger partial charge in [0.15, 0.2) is 0 Å². The number of rotatable bonds is 4. The highest BCUT2D eigenvalue weighted by molar-refractivity contribution is 4.67. The molecule has 0 spiro atoms. The molecule has 1 atom stereocenters. The first-order valence-electron chi connectivity index (χ1n) is 5.51. The third kappa shape index (κ3) is 3.57. The zero-order chi connectivity index (χ0) is 8.81. The van der Waals surface area contributed by atoms with E-state index in [1.165, 1.54) is 38.5 Å². The predicted octanol–water partition coefficient (Wildman–Crippen LogP) is 3.12. The molecule has 1 saturated carbocycles. The van der Waals surface area contributed by atoms with Crippen LogP contribution in [-0.2, 0) is 0 Å². The van der Waals surface area contributed by atoms with Crippen molar-refractivity contribution in [3.63, 3.8) is 0 Å². The minimum Gasteiger partial charge on any atom is -0.393 e. The Bertz CT molecular complexity index is 106. The molecule has 1 aliphatic carbocycles. The van der Waals surface area contributed by atoms with Crippen LogP contribution in [0.2, 0.25) is 0 Å². The second-order valence-corrected chi connectivity index (χ2v) is 4.14. The number of hydrogen-bond acceptors (Lipinski definition) is 1. The molecule has 1 unspecified atom stereocenters. The Kier molecular flexibility index (Phi) is 4.67. The Labute approximate surface area is 76.2 Å². The fraction of sp³-hybridized carbons (Fsp3) is 1.00. The van der Waals surface area contributed by atoms with Crippen molar-refractivity contribution in [3.05, 3.63) is 0 Å². The molecule has 1 aliphatic rings. The average molecular weight is 170 g/mol.